The SMILES string of the molecule is SS[SH](SSN1CCCCC1)c1ccccc1. The van der Waals surface area contributed by atoms with Crippen LogP contribution in [-0.2, 0) is 0 Å². The molecule has 1 atom stereocenters. The van der Waals surface area contributed by atoms with Crippen molar-refractivity contribution in [1.29, 1.82) is 0 Å². The topological polar surface area (TPSA) is 3.24 Å². The van der Waals surface area contributed by atoms with E-state index in [0.717, 1.165) is 0 Å². The number of piperidine rings is 1. The normalized spacial score (nSPS) is 20.2. The fourth-order valence-electron chi connectivity index (χ4n) is 1.67. The Balaban J connectivity index is 1.83. The first kappa shape index (κ1) is 14.3. The van der Waals surface area contributed by atoms with E-state index in [1.165, 1.54) is 37.2 Å². The van der Waals surface area contributed by atoms with Crippen LogP contribution in [0.2, 0.25) is 0 Å². The maximum atomic E-state index is 4.42. The second kappa shape index (κ2) is 8.17. The molecule has 0 N–H and O–H groups in total. The van der Waals surface area contributed by atoms with E-state index < -0.39 is 0 Å². The third-order valence-electron chi connectivity index (χ3n) is 2.56. The zero-order valence-electron chi connectivity index (χ0n) is 9.49. The summed E-state index contributed by atoms with van der Waals surface area (Å²) in [5, 5.41) is 0. The number of nitrogens with zero attached hydrogens (tertiary/aromatic N) is 1. The molecule has 1 nitrogen and oxygen atoms in total. The summed E-state index contributed by atoms with van der Waals surface area (Å²) in [5.74, 6) is 0. The van der Waals surface area contributed by atoms with E-state index in [2.05, 4.69) is 46.3 Å². The molecule has 0 saturated carbocycles. The molecular formula is C11H17NS5. The average Bonchev–Trinajstić information content (AvgIpc) is 2.42. The highest BCUT2D eigenvalue weighted by Gasteiger charge is 2.14. The summed E-state index contributed by atoms with van der Waals surface area (Å²) in [6.07, 6.45) is 4.10. The molecule has 0 spiro atoms. The van der Waals surface area contributed by atoms with Crippen LogP contribution in [0, 0.1) is 0 Å². The van der Waals surface area contributed by atoms with Gasteiger partial charge in [-0.1, -0.05) is 24.6 Å². The summed E-state index contributed by atoms with van der Waals surface area (Å²) in [7, 11) is 5.34. The van der Waals surface area contributed by atoms with Crippen molar-refractivity contribution in [2.24, 2.45) is 0 Å². The molecule has 0 bridgehead atoms. The average molecular weight is 324 g/mol. The van der Waals surface area contributed by atoms with Crippen LogP contribution in [0.5, 0.6) is 0 Å². The molecule has 1 aliphatic heterocycles. The number of hydrogen-bond acceptors (Lipinski definition) is 5. The van der Waals surface area contributed by atoms with E-state index in [-0.39, 0.29) is 8.96 Å². The predicted octanol–water partition coefficient (Wildman–Crippen LogP) is 5.24. The Hall–Kier alpha value is 0.930. The molecule has 2 rings (SSSR count). The van der Waals surface area contributed by atoms with Crippen molar-refractivity contribution < 1.29 is 0 Å². The lowest BCUT2D eigenvalue weighted by Gasteiger charge is -2.26. The zero-order valence-corrected chi connectivity index (χ0v) is 13.7. The minimum Gasteiger partial charge on any atom is -0.241 e. The van der Waals surface area contributed by atoms with Crippen LogP contribution in [-0.4, -0.2) is 17.4 Å². The smallest absolute Gasteiger partial charge is 0.00975 e. The summed E-state index contributed by atoms with van der Waals surface area (Å²) >= 11 is 4.42. The van der Waals surface area contributed by atoms with Crippen LogP contribution >= 0.6 is 51.3 Å². The van der Waals surface area contributed by atoms with Gasteiger partial charge in [0.1, 0.15) is 0 Å². The molecule has 0 aromatic heterocycles. The standard InChI is InChI=1S/C11H17NS5/c13-15-17(11-7-3-1-4-8-11)16-14-12-9-5-2-6-10-12/h1,3-4,7-8,13,17H,2,5-6,9-10H2. The lowest BCUT2D eigenvalue weighted by atomic mass is 10.2. The molecule has 0 aliphatic carbocycles. The first-order valence-corrected chi connectivity index (χ1v) is 12.2. The Bertz CT molecular complexity index is 315. The van der Waals surface area contributed by atoms with Crippen molar-refractivity contribution in [3.05, 3.63) is 30.3 Å². The van der Waals surface area contributed by atoms with Gasteiger partial charge < -0.3 is 0 Å². The first-order chi connectivity index (χ1) is 8.40. The fraction of sp³-hybridized carbons (Fsp3) is 0.455. The van der Waals surface area contributed by atoms with E-state index in [1.807, 2.05) is 20.8 Å². The summed E-state index contributed by atoms with van der Waals surface area (Å²) in [4.78, 5) is 1.41. The Morgan fingerprint density at radius 3 is 2.41 bits per heavy atom. The summed E-state index contributed by atoms with van der Waals surface area (Å²) in [5.41, 5.74) is 0. The van der Waals surface area contributed by atoms with E-state index >= 15 is 0 Å². The minimum absolute atomic E-state index is 0.260. The third kappa shape index (κ3) is 4.84. The Labute approximate surface area is 122 Å². The van der Waals surface area contributed by atoms with Crippen LogP contribution in [0.4, 0.5) is 0 Å². The Kier molecular flexibility index (Phi) is 6.89. The molecule has 1 aromatic rings. The Morgan fingerprint density at radius 1 is 1.06 bits per heavy atom. The van der Waals surface area contributed by atoms with E-state index in [4.69, 9.17) is 0 Å². The first-order valence-electron chi connectivity index (χ1n) is 5.66. The van der Waals surface area contributed by atoms with Gasteiger partial charge in [-0.05, 0) is 44.6 Å². The Morgan fingerprint density at radius 2 is 1.76 bits per heavy atom. The van der Waals surface area contributed by atoms with Crippen LogP contribution in [0.1, 0.15) is 19.3 Å². The number of rotatable bonds is 5. The van der Waals surface area contributed by atoms with Crippen molar-refractivity contribution in [3.63, 3.8) is 0 Å². The van der Waals surface area contributed by atoms with Crippen molar-refractivity contribution in [2.75, 3.05) is 13.1 Å². The van der Waals surface area contributed by atoms with Gasteiger partial charge in [-0.3, -0.25) is 0 Å². The van der Waals surface area contributed by atoms with Gasteiger partial charge in [-0.15, -0.1) is 20.6 Å². The van der Waals surface area contributed by atoms with Gasteiger partial charge >= 0.3 is 0 Å². The second-order valence-corrected chi connectivity index (χ2v) is 12.9. The van der Waals surface area contributed by atoms with Crippen LogP contribution in [0.3, 0.4) is 0 Å². The molecule has 96 valence electrons. The van der Waals surface area contributed by atoms with Gasteiger partial charge in [0.05, 0.1) is 0 Å². The number of hydrogen-bond donors (Lipinski definition) is 2. The van der Waals surface area contributed by atoms with Gasteiger partial charge in [0, 0.05) is 29.0 Å². The van der Waals surface area contributed by atoms with Crippen molar-refractivity contribution in [1.82, 2.24) is 4.31 Å². The van der Waals surface area contributed by atoms with Gasteiger partial charge in [-0.25, -0.2) is 4.31 Å². The fourth-order valence-corrected chi connectivity index (χ4v) is 12.1. The van der Waals surface area contributed by atoms with Crippen LogP contribution < -0.4 is 0 Å². The van der Waals surface area contributed by atoms with E-state index in [9.17, 15) is 0 Å². The highest BCUT2D eigenvalue weighted by atomic mass is 33.8. The second-order valence-electron chi connectivity index (χ2n) is 3.81. The molecule has 0 radical (unpaired) electrons. The van der Waals surface area contributed by atoms with Crippen LogP contribution in [0.25, 0.3) is 0 Å². The van der Waals surface area contributed by atoms with Gasteiger partial charge in [-0.2, -0.15) is 0 Å². The van der Waals surface area contributed by atoms with Gasteiger partial charge in [0.15, 0.2) is 0 Å². The molecule has 1 fully saturated rings. The monoisotopic (exact) mass is 323 g/mol. The molecule has 1 aliphatic rings. The minimum atomic E-state index is -0.260. The molecule has 6 heteroatoms. The van der Waals surface area contributed by atoms with Crippen molar-refractivity contribution in [3.8, 4) is 0 Å². The lowest BCUT2D eigenvalue weighted by Crippen LogP contribution is -2.21. The quantitative estimate of drug-likeness (QED) is 0.433. The largest absolute Gasteiger partial charge is 0.241 e. The summed E-state index contributed by atoms with van der Waals surface area (Å²) < 4.78 is 2.50. The number of thiol groups is 2. The van der Waals surface area contributed by atoms with Gasteiger partial charge in [0.2, 0.25) is 0 Å². The molecule has 0 amide bonds. The molecular weight excluding hydrogens is 306 g/mol. The summed E-state index contributed by atoms with van der Waals surface area (Å²) in [6, 6.07) is 10.7. The van der Waals surface area contributed by atoms with E-state index in [0.29, 0.717) is 0 Å². The summed E-state index contributed by atoms with van der Waals surface area (Å²) in [6.45, 7) is 2.49. The zero-order chi connectivity index (χ0) is 11.9. The maximum absolute atomic E-state index is 4.42. The molecule has 1 heterocycles. The van der Waals surface area contributed by atoms with E-state index in [1.54, 1.807) is 9.83 Å². The molecule has 1 saturated heterocycles. The maximum Gasteiger partial charge on any atom is 0.00975 e. The lowest BCUT2D eigenvalue weighted by molar-refractivity contribution is 0.384. The molecule has 1 unspecified atom stereocenters. The predicted molar refractivity (Wildman–Crippen MR) is 90.9 cm³/mol. The van der Waals surface area contributed by atoms with Crippen molar-refractivity contribution in [2.45, 2.75) is 24.2 Å². The van der Waals surface area contributed by atoms with Crippen LogP contribution in [0.15, 0.2) is 35.2 Å². The number of benzene rings is 1. The van der Waals surface area contributed by atoms with Gasteiger partial charge in [0.25, 0.3) is 0 Å². The molecule has 17 heavy (non-hydrogen) atoms. The molecule has 1 aromatic carbocycles. The van der Waals surface area contributed by atoms with Crippen molar-refractivity contribution >= 4 is 51.3 Å². The third-order valence-corrected chi connectivity index (χ3v) is 13.8. The highest BCUT2D eigenvalue weighted by molar-refractivity contribution is 9.39. The highest BCUT2D eigenvalue weighted by Crippen LogP contribution is 2.64.